The van der Waals surface area contributed by atoms with Crippen molar-refractivity contribution in [3.05, 3.63) is 28.8 Å². The average molecular weight is 297 g/mol. The van der Waals surface area contributed by atoms with Crippen molar-refractivity contribution in [2.24, 2.45) is 0 Å². The summed E-state index contributed by atoms with van der Waals surface area (Å²) in [5.74, 6) is -0.244. The van der Waals surface area contributed by atoms with Crippen LogP contribution in [0.2, 0.25) is 5.02 Å². The van der Waals surface area contributed by atoms with Crippen LogP contribution in [-0.2, 0) is 9.53 Å². The van der Waals surface area contributed by atoms with Gasteiger partial charge in [-0.2, -0.15) is 0 Å². The highest BCUT2D eigenvalue weighted by molar-refractivity contribution is 6.32. The molecule has 5 nitrogen and oxygen atoms in total. The molecule has 3 amide bonds. The molecule has 0 saturated carbocycles. The van der Waals surface area contributed by atoms with Crippen molar-refractivity contribution in [3.63, 3.8) is 0 Å². The minimum atomic E-state index is -0.488. The second-order valence-corrected chi connectivity index (χ2v) is 5.15. The molecule has 0 spiro atoms. The van der Waals surface area contributed by atoms with E-state index in [0.29, 0.717) is 23.7 Å². The zero-order chi connectivity index (χ0) is 14.7. The number of carbonyl (C=O) groups excluding carboxylic acids is 2. The van der Waals surface area contributed by atoms with E-state index in [1.165, 1.54) is 0 Å². The lowest BCUT2D eigenvalue weighted by Gasteiger charge is -2.14. The molecule has 0 radical (unpaired) electrons. The molecule has 1 aromatic rings. The van der Waals surface area contributed by atoms with E-state index >= 15 is 0 Å². The van der Waals surface area contributed by atoms with Gasteiger partial charge in [0.15, 0.2) is 0 Å². The fourth-order valence-electron chi connectivity index (χ4n) is 2.12. The van der Waals surface area contributed by atoms with Crippen LogP contribution in [0.3, 0.4) is 0 Å². The number of amides is 3. The van der Waals surface area contributed by atoms with Crippen LogP contribution in [0.4, 0.5) is 10.5 Å². The molecular weight excluding hydrogens is 280 g/mol. The average Bonchev–Trinajstić information content (AvgIpc) is 2.69. The molecule has 6 heteroatoms. The first kappa shape index (κ1) is 14.8. The molecule has 1 unspecified atom stereocenters. The van der Waals surface area contributed by atoms with E-state index in [4.69, 9.17) is 16.3 Å². The highest BCUT2D eigenvalue weighted by Crippen LogP contribution is 2.26. The highest BCUT2D eigenvalue weighted by atomic mass is 35.5. The number of carbonyl (C=O) groups is 2. The smallest absolute Gasteiger partial charge is 0.329 e. The van der Waals surface area contributed by atoms with Crippen LogP contribution in [0, 0.1) is 6.92 Å². The molecule has 108 valence electrons. The number of methoxy groups -OCH3 is 1. The topological polar surface area (TPSA) is 58.6 Å². The van der Waals surface area contributed by atoms with Gasteiger partial charge in [-0.1, -0.05) is 17.7 Å². The fourth-order valence-corrected chi connectivity index (χ4v) is 2.30. The summed E-state index contributed by atoms with van der Waals surface area (Å²) in [6, 6.07) is 4.24. The number of hydrogen-bond donors (Lipinski definition) is 1. The molecular formula is C14H17ClN2O3. The Bertz CT molecular complexity index is 533. The van der Waals surface area contributed by atoms with E-state index in [1.54, 1.807) is 25.3 Å². The Balaban J connectivity index is 2.14. The number of anilines is 1. The normalized spacial score (nSPS) is 18.6. The van der Waals surface area contributed by atoms with E-state index in [2.05, 4.69) is 5.32 Å². The molecule has 1 aliphatic rings. The number of nitrogens with zero attached hydrogens (tertiary/aromatic N) is 1. The van der Waals surface area contributed by atoms with Crippen molar-refractivity contribution in [2.75, 3.05) is 18.6 Å². The maximum Gasteiger partial charge on any atom is 0.329 e. The summed E-state index contributed by atoms with van der Waals surface area (Å²) in [6.45, 7) is 2.43. The number of aryl methyl sites for hydroxylation is 1. The van der Waals surface area contributed by atoms with Gasteiger partial charge in [-0.25, -0.2) is 9.69 Å². The third-order valence-corrected chi connectivity index (χ3v) is 3.68. The summed E-state index contributed by atoms with van der Waals surface area (Å²) in [5.41, 5.74) is 1.40. The van der Waals surface area contributed by atoms with Gasteiger partial charge in [0.05, 0.1) is 5.69 Å². The lowest BCUT2D eigenvalue weighted by Crippen LogP contribution is -2.31. The quantitative estimate of drug-likeness (QED) is 0.671. The number of hydrogen-bond acceptors (Lipinski definition) is 3. The van der Waals surface area contributed by atoms with E-state index in [1.807, 2.05) is 6.92 Å². The first-order valence-corrected chi connectivity index (χ1v) is 6.82. The lowest BCUT2D eigenvalue weighted by molar-refractivity contribution is -0.118. The maximum absolute atomic E-state index is 12.3. The number of urea groups is 1. The molecule has 1 aliphatic heterocycles. The van der Waals surface area contributed by atoms with Gasteiger partial charge in [-0.05, 0) is 37.5 Å². The van der Waals surface area contributed by atoms with E-state index in [-0.39, 0.29) is 5.91 Å². The molecule has 0 bridgehead atoms. The molecule has 1 N–H and O–H groups in total. The van der Waals surface area contributed by atoms with Crippen molar-refractivity contribution in [1.82, 2.24) is 5.32 Å². The molecule has 1 heterocycles. The third kappa shape index (κ3) is 2.94. The number of imide groups is 1. The number of halogens is 1. The third-order valence-electron chi connectivity index (χ3n) is 3.27. The van der Waals surface area contributed by atoms with E-state index < -0.39 is 12.1 Å². The van der Waals surface area contributed by atoms with Gasteiger partial charge in [0.1, 0.15) is 6.04 Å². The van der Waals surface area contributed by atoms with Crippen LogP contribution in [-0.4, -0.2) is 31.7 Å². The summed E-state index contributed by atoms with van der Waals surface area (Å²) >= 11 is 6.04. The summed E-state index contributed by atoms with van der Waals surface area (Å²) in [7, 11) is 1.61. The maximum atomic E-state index is 12.3. The van der Waals surface area contributed by atoms with Crippen LogP contribution in [0.15, 0.2) is 18.2 Å². The summed E-state index contributed by atoms with van der Waals surface area (Å²) in [4.78, 5) is 25.4. The molecule has 0 aromatic heterocycles. The first-order chi connectivity index (χ1) is 9.54. The predicted molar refractivity (Wildman–Crippen MR) is 77.1 cm³/mol. The van der Waals surface area contributed by atoms with Gasteiger partial charge in [0.25, 0.3) is 5.91 Å². The van der Waals surface area contributed by atoms with Crippen LogP contribution in [0.25, 0.3) is 0 Å². The predicted octanol–water partition coefficient (Wildman–Crippen LogP) is 2.50. The molecule has 1 aromatic carbocycles. The van der Waals surface area contributed by atoms with E-state index in [9.17, 15) is 9.59 Å². The second kappa shape index (κ2) is 6.24. The van der Waals surface area contributed by atoms with Crippen LogP contribution >= 0.6 is 11.6 Å². The summed E-state index contributed by atoms with van der Waals surface area (Å²) < 4.78 is 4.95. The Labute approximate surface area is 122 Å². The molecule has 0 aliphatic carbocycles. The number of rotatable bonds is 5. The van der Waals surface area contributed by atoms with Crippen molar-refractivity contribution in [2.45, 2.75) is 25.8 Å². The van der Waals surface area contributed by atoms with E-state index in [0.717, 1.165) is 16.9 Å². The van der Waals surface area contributed by atoms with Gasteiger partial charge >= 0.3 is 6.03 Å². The van der Waals surface area contributed by atoms with Crippen LogP contribution in [0.5, 0.6) is 0 Å². The zero-order valence-electron chi connectivity index (χ0n) is 11.5. The highest BCUT2D eigenvalue weighted by Gasteiger charge is 2.38. The molecule has 1 atom stereocenters. The Hall–Kier alpha value is -1.59. The zero-order valence-corrected chi connectivity index (χ0v) is 12.2. The number of ether oxygens (including phenoxy) is 1. The Morgan fingerprint density at radius 3 is 2.80 bits per heavy atom. The van der Waals surface area contributed by atoms with Crippen molar-refractivity contribution >= 4 is 29.2 Å². The van der Waals surface area contributed by atoms with Crippen molar-refractivity contribution in [1.29, 1.82) is 0 Å². The molecule has 1 saturated heterocycles. The standard InChI is InChI=1S/C14H17ClN2O3/c1-9-5-6-10(8-11(9)15)17-13(18)12(16-14(17)19)4-3-7-20-2/h5-6,8,12H,3-4,7H2,1-2H3,(H,16,19). The fraction of sp³-hybridized carbons (Fsp3) is 0.429. The minimum Gasteiger partial charge on any atom is -0.385 e. The summed E-state index contributed by atoms with van der Waals surface area (Å²) in [5, 5.41) is 3.22. The van der Waals surface area contributed by atoms with Gasteiger partial charge in [0.2, 0.25) is 0 Å². The Morgan fingerprint density at radius 2 is 2.15 bits per heavy atom. The summed E-state index contributed by atoms with van der Waals surface area (Å²) in [6.07, 6.45) is 1.28. The van der Waals surface area contributed by atoms with Crippen molar-refractivity contribution in [3.8, 4) is 0 Å². The van der Waals surface area contributed by atoms with Gasteiger partial charge in [0, 0.05) is 18.7 Å². The largest absolute Gasteiger partial charge is 0.385 e. The minimum absolute atomic E-state index is 0.244. The second-order valence-electron chi connectivity index (χ2n) is 4.74. The molecule has 2 rings (SSSR count). The van der Waals surface area contributed by atoms with Crippen molar-refractivity contribution < 1.29 is 14.3 Å². The lowest BCUT2D eigenvalue weighted by atomic mass is 10.1. The first-order valence-electron chi connectivity index (χ1n) is 6.44. The SMILES string of the molecule is COCCCC1NC(=O)N(c2ccc(C)c(Cl)c2)C1=O. The Morgan fingerprint density at radius 1 is 1.40 bits per heavy atom. The monoisotopic (exact) mass is 296 g/mol. The molecule has 1 fully saturated rings. The number of benzene rings is 1. The number of nitrogens with one attached hydrogen (secondary N) is 1. The van der Waals surface area contributed by atoms with Crippen LogP contribution in [0.1, 0.15) is 18.4 Å². The van der Waals surface area contributed by atoms with Crippen LogP contribution < -0.4 is 10.2 Å². The van der Waals surface area contributed by atoms with Gasteiger partial charge in [-0.15, -0.1) is 0 Å². The van der Waals surface area contributed by atoms with Gasteiger partial charge in [-0.3, -0.25) is 4.79 Å². The molecule has 20 heavy (non-hydrogen) atoms. The Kier molecular flexibility index (Phi) is 4.62. The van der Waals surface area contributed by atoms with Gasteiger partial charge < -0.3 is 10.1 Å².